The lowest BCUT2D eigenvalue weighted by atomic mass is 10.2. The average molecular weight is 310 g/mol. The van der Waals surface area contributed by atoms with Crippen molar-refractivity contribution in [1.29, 1.82) is 0 Å². The minimum Gasteiger partial charge on any atom is -0.399 e. The van der Waals surface area contributed by atoms with Crippen LogP contribution < -0.4 is 5.73 Å². The number of hydrogen-bond acceptors (Lipinski definition) is 3. The summed E-state index contributed by atoms with van der Waals surface area (Å²) in [5, 5.41) is 0. The van der Waals surface area contributed by atoms with Gasteiger partial charge in [-0.05, 0) is 24.1 Å². The summed E-state index contributed by atoms with van der Waals surface area (Å²) in [6, 6.07) is 5.24. The standard InChI is InChI=1S/C12H17F3N2O2S/c1-9(2)7-17(8-12(13,14)15)20(18,19)11-5-3-4-10(16)6-11/h3-6,9H,7-8,16H2,1-2H3. The number of nitrogens with zero attached hydrogens (tertiary/aromatic N) is 1. The minimum absolute atomic E-state index is 0.183. The van der Waals surface area contributed by atoms with Crippen molar-refractivity contribution in [2.24, 2.45) is 5.92 Å². The van der Waals surface area contributed by atoms with E-state index in [0.29, 0.717) is 4.31 Å². The number of rotatable bonds is 5. The van der Waals surface area contributed by atoms with E-state index < -0.39 is 22.7 Å². The molecule has 0 bridgehead atoms. The molecule has 1 rings (SSSR count). The van der Waals surface area contributed by atoms with Crippen LogP contribution in [-0.4, -0.2) is 32.0 Å². The Labute approximate surface area is 116 Å². The summed E-state index contributed by atoms with van der Waals surface area (Å²) in [4.78, 5) is -0.234. The van der Waals surface area contributed by atoms with Crippen LogP contribution in [0.1, 0.15) is 13.8 Å². The molecule has 0 spiro atoms. The Balaban J connectivity index is 3.17. The van der Waals surface area contributed by atoms with Crippen molar-refractivity contribution < 1.29 is 21.6 Å². The summed E-state index contributed by atoms with van der Waals surface area (Å²) in [5.74, 6) is -0.229. The molecule has 2 N–H and O–H groups in total. The molecule has 1 aromatic carbocycles. The zero-order valence-corrected chi connectivity index (χ0v) is 12.0. The van der Waals surface area contributed by atoms with E-state index in [9.17, 15) is 21.6 Å². The third-order valence-corrected chi connectivity index (χ3v) is 4.23. The molecule has 0 heterocycles. The van der Waals surface area contributed by atoms with Crippen molar-refractivity contribution in [3.8, 4) is 0 Å². The number of nitrogen functional groups attached to an aromatic ring is 1. The van der Waals surface area contributed by atoms with Gasteiger partial charge in [0.1, 0.15) is 6.54 Å². The Morgan fingerprint density at radius 3 is 2.35 bits per heavy atom. The number of sulfonamides is 1. The maximum Gasteiger partial charge on any atom is 0.402 e. The minimum atomic E-state index is -4.59. The lowest BCUT2D eigenvalue weighted by Gasteiger charge is -2.25. The van der Waals surface area contributed by atoms with Gasteiger partial charge in [0, 0.05) is 12.2 Å². The molecule has 0 amide bonds. The Morgan fingerprint density at radius 1 is 1.30 bits per heavy atom. The second-order valence-corrected chi connectivity index (χ2v) is 6.82. The lowest BCUT2D eigenvalue weighted by Crippen LogP contribution is -2.41. The van der Waals surface area contributed by atoms with Crippen LogP contribution in [0.4, 0.5) is 18.9 Å². The molecule has 0 saturated carbocycles. The number of anilines is 1. The van der Waals surface area contributed by atoms with Crippen molar-refractivity contribution in [2.75, 3.05) is 18.8 Å². The summed E-state index contributed by atoms with van der Waals surface area (Å²) in [6.45, 7) is 1.58. The molecule has 0 aliphatic carbocycles. The Hall–Kier alpha value is -1.28. The van der Waals surface area contributed by atoms with Gasteiger partial charge < -0.3 is 5.73 Å². The molecule has 0 aliphatic heterocycles. The van der Waals surface area contributed by atoms with Gasteiger partial charge in [0.05, 0.1) is 4.90 Å². The summed E-state index contributed by atoms with van der Waals surface area (Å²) in [7, 11) is -4.22. The highest BCUT2D eigenvalue weighted by Crippen LogP contribution is 2.24. The normalized spacial score (nSPS) is 13.2. The fourth-order valence-electron chi connectivity index (χ4n) is 1.68. The molecule has 0 saturated heterocycles. The Morgan fingerprint density at radius 2 is 1.90 bits per heavy atom. The van der Waals surface area contributed by atoms with Gasteiger partial charge in [-0.25, -0.2) is 8.42 Å². The summed E-state index contributed by atoms with van der Waals surface area (Å²) < 4.78 is 62.6. The number of halogens is 3. The molecule has 0 atom stereocenters. The van der Waals surface area contributed by atoms with Crippen molar-refractivity contribution in [1.82, 2.24) is 4.31 Å². The summed E-state index contributed by atoms with van der Waals surface area (Å²) in [5.41, 5.74) is 5.66. The topological polar surface area (TPSA) is 63.4 Å². The third-order valence-electron chi connectivity index (χ3n) is 2.42. The maximum atomic E-state index is 12.6. The van der Waals surface area contributed by atoms with Crippen molar-refractivity contribution in [3.05, 3.63) is 24.3 Å². The van der Waals surface area contributed by atoms with E-state index in [0.717, 1.165) is 6.07 Å². The highest BCUT2D eigenvalue weighted by molar-refractivity contribution is 7.89. The van der Waals surface area contributed by atoms with E-state index in [2.05, 4.69) is 0 Å². The van der Waals surface area contributed by atoms with Crippen LogP contribution in [0.25, 0.3) is 0 Å². The molecule has 8 heteroatoms. The largest absolute Gasteiger partial charge is 0.402 e. The molecule has 20 heavy (non-hydrogen) atoms. The first kappa shape index (κ1) is 16.8. The molecule has 0 aromatic heterocycles. The molecule has 0 aliphatic rings. The van der Waals surface area contributed by atoms with Crippen LogP contribution >= 0.6 is 0 Å². The summed E-state index contributed by atoms with van der Waals surface area (Å²) in [6.07, 6.45) is -4.59. The van der Waals surface area contributed by atoms with E-state index in [-0.39, 0.29) is 23.0 Å². The molecule has 0 unspecified atom stereocenters. The van der Waals surface area contributed by atoms with E-state index >= 15 is 0 Å². The van der Waals surface area contributed by atoms with Gasteiger partial charge in [0.15, 0.2) is 0 Å². The van der Waals surface area contributed by atoms with Gasteiger partial charge in [-0.1, -0.05) is 19.9 Å². The van der Waals surface area contributed by atoms with E-state index in [1.54, 1.807) is 13.8 Å². The first-order valence-corrected chi connectivity index (χ1v) is 7.39. The van der Waals surface area contributed by atoms with Crippen LogP contribution in [0, 0.1) is 5.92 Å². The van der Waals surface area contributed by atoms with Crippen LogP contribution in [0.15, 0.2) is 29.2 Å². The Bertz CT molecular complexity index is 556. The number of benzene rings is 1. The predicted molar refractivity (Wildman–Crippen MR) is 70.5 cm³/mol. The average Bonchev–Trinajstić information content (AvgIpc) is 2.25. The molecule has 0 fully saturated rings. The van der Waals surface area contributed by atoms with Crippen LogP contribution in [0.3, 0.4) is 0 Å². The smallest absolute Gasteiger partial charge is 0.399 e. The Kier molecular flexibility index (Phi) is 5.04. The van der Waals surface area contributed by atoms with Crippen molar-refractivity contribution in [3.63, 3.8) is 0 Å². The highest BCUT2D eigenvalue weighted by atomic mass is 32.2. The van der Waals surface area contributed by atoms with Gasteiger partial charge in [0.25, 0.3) is 0 Å². The highest BCUT2D eigenvalue weighted by Gasteiger charge is 2.37. The van der Waals surface area contributed by atoms with E-state index in [1.807, 2.05) is 0 Å². The zero-order valence-electron chi connectivity index (χ0n) is 11.2. The quantitative estimate of drug-likeness (QED) is 0.850. The number of nitrogens with two attached hydrogens (primary N) is 1. The monoisotopic (exact) mass is 310 g/mol. The SMILES string of the molecule is CC(C)CN(CC(F)(F)F)S(=O)(=O)c1cccc(N)c1. The maximum absolute atomic E-state index is 12.6. The van der Waals surface area contributed by atoms with E-state index in [1.165, 1.54) is 18.2 Å². The molecular weight excluding hydrogens is 293 g/mol. The number of hydrogen-bond donors (Lipinski definition) is 1. The van der Waals surface area contributed by atoms with Crippen LogP contribution in [0.5, 0.6) is 0 Å². The molecular formula is C12H17F3N2O2S. The lowest BCUT2D eigenvalue weighted by molar-refractivity contribution is -0.136. The van der Waals surface area contributed by atoms with Gasteiger partial charge in [-0.3, -0.25) is 0 Å². The summed E-state index contributed by atoms with van der Waals surface area (Å²) >= 11 is 0. The first-order chi connectivity index (χ1) is 9.02. The van der Waals surface area contributed by atoms with Crippen molar-refractivity contribution in [2.45, 2.75) is 24.9 Å². The van der Waals surface area contributed by atoms with Crippen LogP contribution in [-0.2, 0) is 10.0 Å². The second kappa shape index (κ2) is 6.01. The first-order valence-electron chi connectivity index (χ1n) is 5.95. The van der Waals surface area contributed by atoms with Gasteiger partial charge in [0.2, 0.25) is 10.0 Å². The van der Waals surface area contributed by atoms with Gasteiger partial charge in [-0.15, -0.1) is 0 Å². The van der Waals surface area contributed by atoms with Gasteiger partial charge in [-0.2, -0.15) is 17.5 Å². The number of alkyl halides is 3. The molecule has 4 nitrogen and oxygen atoms in total. The predicted octanol–water partition coefficient (Wildman–Crippen LogP) is 2.48. The molecule has 0 radical (unpaired) electrons. The molecule has 114 valence electrons. The fraction of sp³-hybridized carbons (Fsp3) is 0.500. The molecule has 1 aromatic rings. The van der Waals surface area contributed by atoms with Crippen LogP contribution in [0.2, 0.25) is 0 Å². The fourth-order valence-corrected chi connectivity index (χ4v) is 3.32. The zero-order chi connectivity index (χ0) is 15.6. The van der Waals surface area contributed by atoms with Crippen molar-refractivity contribution >= 4 is 15.7 Å². The second-order valence-electron chi connectivity index (χ2n) is 4.88. The third kappa shape index (κ3) is 4.68. The van der Waals surface area contributed by atoms with E-state index in [4.69, 9.17) is 5.73 Å². The van der Waals surface area contributed by atoms with Gasteiger partial charge >= 0.3 is 6.18 Å².